The molecule has 2 N–H and O–H groups in total. The fraction of sp³-hybridized carbons (Fsp3) is 0.100. The van der Waals surface area contributed by atoms with E-state index in [1.807, 2.05) is 5.38 Å². The molecule has 3 nitrogen and oxygen atoms in total. The number of benzene rings is 1. The van der Waals surface area contributed by atoms with E-state index >= 15 is 0 Å². The Morgan fingerprint density at radius 3 is 3.00 bits per heavy atom. The van der Waals surface area contributed by atoms with Crippen LogP contribution in [0.3, 0.4) is 0 Å². The average Bonchev–Trinajstić information content (AvgIpc) is 2.66. The minimum absolute atomic E-state index is 0.274. The number of nitrogen functional groups attached to an aromatic ring is 1. The monoisotopic (exact) mass is 302 g/mol. The van der Waals surface area contributed by atoms with E-state index < -0.39 is 0 Å². The van der Waals surface area contributed by atoms with Gasteiger partial charge in [-0.15, -0.1) is 11.3 Å². The molecule has 0 bridgehead atoms. The Balaban J connectivity index is 2.07. The minimum Gasteiger partial charge on any atom is -0.486 e. The van der Waals surface area contributed by atoms with Crippen LogP contribution < -0.4 is 10.5 Å². The molecule has 1 heterocycles. The lowest BCUT2D eigenvalue weighted by Crippen LogP contribution is -1.97. The number of aromatic nitrogens is 1. The molecule has 1 aromatic heterocycles. The van der Waals surface area contributed by atoms with Crippen molar-refractivity contribution in [3.8, 4) is 5.75 Å². The van der Waals surface area contributed by atoms with Crippen LogP contribution in [0.1, 0.15) is 5.69 Å². The van der Waals surface area contributed by atoms with Crippen molar-refractivity contribution >= 4 is 32.4 Å². The minimum atomic E-state index is -0.337. The highest BCUT2D eigenvalue weighted by Crippen LogP contribution is 2.26. The van der Waals surface area contributed by atoms with Gasteiger partial charge in [-0.2, -0.15) is 0 Å². The van der Waals surface area contributed by atoms with Gasteiger partial charge in [0, 0.05) is 11.4 Å². The number of anilines is 1. The highest BCUT2D eigenvalue weighted by atomic mass is 79.9. The number of nitrogens with zero attached hydrogens (tertiary/aromatic N) is 1. The largest absolute Gasteiger partial charge is 0.486 e. The Labute approximate surface area is 104 Å². The Kier molecular flexibility index (Phi) is 3.40. The zero-order chi connectivity index (χ0) is 11.5. The van der Waals surface area contributed by atoms with Gasteiger partial charge in [0.1, 0.15) is 18.2 Å². The molecule has 0 aliphatic carbocycles. The van der Waals surface area contributed by atoms with Crippen LogP contribution in [-0.2, 0) is 6.61 Å². The summed E-state index contributed by atoms with van der Waals surface area (Å²) < 4.78 is 19.1. The van der Waals surface area contributed by atoms with Gasteiger partial charge in [-0.3, -0.25) is 0 Å². The smallest absolute Gasteiger partial charge is 0.180 e. The van der Waals surface area contributed by atoms with Gasteiger partial charge >= 0.3 is 0 Å². The maximum absolute atomic E-state index is 12.9. The van der Waals surface area contributed by atoms with Crippen molar-refractivity contribution < 1.29 is 9.13 Å². The summed E-state index contributed by atoms with van der Waals surface area (Å²) in [5.41, 5.74) is 6.22. The first-order valence-electron chi connectivity index (χ1n) is 4.43. The Bertz CT molecular complexity index is 503. The lowest BCUT2D eigenvalue weighted by molar-refractivity contribution is 0.298. The Morgan fingerprint density at radius 1 is 1.50 bits per heavy atom. The standard InChI is InChI=1S/C10H8BrFN2OS/c11-8-2-1-6(12)3-9(8)15-4-7-5-16-10(13)14-7/h1-3,5H,4H2,(H2,13,14). The molecule has 0 fully saturated rings. The van der Waals surface area contributed by atoms with E-state index in [9.17, 15) is 4.39 Å². The quantitative estimate of drug-likeness (QED) is 0.947. The molecule has 16 heavy (non-hydrogen) atoms. The molecule has 0 radical (unpaired) electrons. The van der Waals surface area contributed by atoms with E-state index in [2.05, 4.69) is 20.9 Å². The Morgan fingerprint density at radius 2 is 2.31 bits per heavy atom. The first-order chi connectivity index (χ1) is 7.65. The predicted molar refractivity (Wildman–Crippen MR) is 65.0 cm³/mol. The van der Waals surface area contributed by atoms with E-state index in [1.165, 1.54) is 23.5 Å². The molecule has 0 atom stereocenters. The summed E-state index contributed by atoms with van der Waals surface area (Å²) in [5.74, 6) is 0.113. The second-order valence-corrected chi connectivity index (χ2v) is 4.78. The molecule has 1 aromatic carbocycles. The molecule has 0 saturated heterocycles. The average molecular weight is 303 g/mol. The zero-order valence-corrected chi connectivity index (χ0v) is 10.5. The van der Waals surface area contributed by atoms with E-state index in [1.54, 1.807) is 6.07 Å². The van der Waals surface area contributed by atoms with Crippen LogP contribution in [0, 0.1) is 5.82 Å². The van der Waals surface area contributed by atoms with Crippen molar-refractivity contribution in [2.24, 2.45) is 0 Å². The molecule has 2 aromatic rings. The van der Waals surface area contributed by atoms with Gasteiger partial charge in [0.05, 0.1) is 10.2 Å². The summed E-state index contributed by atoms with van der Waals surface area (Å²) in [4.78, 5) is 4.04. The summed E-state index contributed by atoms with van der Waals surface area (Å²) >= 11 is 4.62. The Hall–Kier alpha value is -1.14. The molecular formula is C10H8BrFN2OS. The number of rotatable bonds is 3. The lowest BCUT2D eigenvalue weighted by Gasteiger charge is -2.06. The van der Waals surface area contributed by atoms with Crippen LogP contribution in [0.5, 0.6) is 5.75 Å². The maximum atomic E-state index is 12.9. The van der Waals surface area contributed by atoms with E-state index in [4.69, 9.17) is 10.5 Å². The summed E-state index contributed by atoms with van der Waals surface area (Å²) in [6, 6.07) is 4.28. The fourth-order valence-corrected chi connectivity index (χ4v) is 2.04. The van der Waals surface area contributed by atoms with E-state index in [0.29, 0.717) is 15.4 Å². The van der Waals surface area contributed by atoms with Gasteiger partial charge < -0.3 is 10.5 Å². The number of thiazole rings is 1. The molecule has 0 saturated carbocycles. The number of ether oxygens (including phenoxy) is 1. The third kappa shape index (κ3) is 2.70. The third-order valence-corrected chi connectivity index (χ3v) is 3.22. The van der Waals surface area contributed by atoms with Gasteiger partial charge in [-0.05, 0) is 28.1 Å². The van der Waals surface area contributed by atoms with Crippen LogP contribution in [0.25, 0.3) is 0 Å². The SMILES string of the molecule is Nc1nc(COc2cc(F)ccc2Br)cs1. The van der Waals surface area contributed by atoms with Gasteiger partial charge in [-0.1, -0.05) is 0 Å². The van der Waals surface area contributed by atoms with E-state index in [-0.39, 0.29) is 12.4 Å². The van der Waals surface area contributed by atoms with Crippen molar-refractivity contribution in [1.82, 2.24) is 4.98 Å². The topological polar surface area (TPSA) is 48.1 Å². The first-order valence-corrected chi connectivity index (χ1v) is 6.10. The summed E-state index contributed by atoms with van der Waals surface area (Å²) in [6.45, 7) is 0.274. The molecule has 0 unspecified atom stereocenters. The van der Waals surface area contributed by atoms with Crippen LogP contribution in [0.2, 0.25) is 0 Å². The maximum Gasteiger partial charge on any atom is 0.180 e. The van der Waals surface area contributed by atoms with Crippen LogP contribution in [0.15, 0.2) is 28.1 Å². The van der Waals surface area contributed by atoms with Crippen molar-refractivity contribution in [3.05, 3.63) is 39.6 Å². The van der Waals surface area contributed by atoms with Gasteiger partial charge in [0.25, 0.3) is 0 Å². The second kappa shape index (κ2) is 4.80. The zero-order valence-electron chi connectivity index (χ0n) is 8.11. The normalized spacial score (nSPS) is 10.4. The molecular weight excluding hydrogens is 295 g/mol. The van der Waals surface area contributed by atoms with Crippen molar-refractivity contribution in [2.75, 3.05) is 5.73 Å². The van der Waals surface area contributed by atoms with Gasteiger partial charge in [0.2, 0.25) is 0 Å². The third-order valence-electron chi connectivity index (χ3n) is 1.84. The molecule has 0 aliphatic rings. The van der Waals surface area contributed by atoms with Gasteiger partial charge in [0.15, 0.2) is 5.13 Å². The van der Waals surface area contributed by atoms with Crippen molar-refractivity contribution in [1.29, 1.82) is 0 Å². The molecule has 2 rings (SSSR count). The number of halogens is 2. The summed E-state index contributed by atoms with van der Waals surface area (Å²) in [5, 5.41) is 2.31. The van der Waals surface area contributed by atoms with Crippen LogP contribution >= 0.6 is 27.3 Å². The van der Waals surface area contributed by atoms with E-state index in [0.717, 1.165) is 5.69 Å². The van der Waals surface area contributed by atoms with Crippen molar-refractivity contribution in [3.63, 3.8) is 0 Å². The molecule has 84 valence electrons. The highest BCUT2D eigenvalue weighted by molar-refractivity contribution is 9.10. The first kappa shape index (κ1) is 11.3. The molecule has 0 spiro atoms. The van der Waals surface area contributed by atoms with Gasteiger partial charge in [-0.25, -0.2) is 9.37 Å². The molecule has 0 aliphatic heterocycles. The van der Waals surface area contributed by atoms with Crippen LogP contribution in [0.4, 0.5) is 9.52 Å². The summed E-state index contributed by atoms with van der Waals surface area (Å²) in [7, 11) is 0. The molecule has 0 amide bonds. The number of nitrogens with two attached hydrogens (primary N) is 1. The van der Waals surface area contributed by atoms with Crippen molar-refractivity contribution in [2.45, 2.75) is 6.61 Å². The molecule has 6 heteroatoms. The highest BCUT2D eigenvalue weighted by Gasteiger charge is 2.05. The lowest BCUT2D eigenvalue weighted by atomic mass is 10.3. The number of hydrogen-bond acceptors (Lipinski definition) is 4. The second-order valence-electron chi connectivity index (χ2n) is 3.04. The fourth-order valence-electron chi connectivity index (χ4n) is 1.13. The van der Waals surface area contributed by atoms with Crippen LogP contribution in [-0.4, -0.2) is 4.98 Å². The predicted octanol–water partition coefficient (Wildman–Crippen LogP) is 3.21. The summed E-state index contributed by atoms with van der Waals surface area (Å²) in [6.07, 6.45) is 0. The number of hydrogen-bond donors (Lipinski definition) is 1.